The molecule has 0 unspecified atom stereocenters. The molecule has 0 saturated carbocycles. The average Bonchev–Trinajstić information content (AvgIpc) is 2.74. The lowest BCUT2D eigenvalue weighted by Crippen LogP contribution is -2.02. The van der Waals surface area contributed by atoms with Crippen LogP contribution in [0.1, 0.15) is 9.67 Å². The molecule has 0 aliphatic heterocycles. The first kappa shape index (κ1) is 16.3. The molecule has 0 bridgehead atoms. The Hall–Kier alpha value is -1.72. The summed E-state index contributed by atoms with van der Waals surface area (Å²) in [5, 5.41) is 2.33. The van der Waals surface area contributed by atoms with Gasteiger partial charge in [0.1, 0.15) is 0 Å². The van der Waals surface area contributed by atoms with Crippen LogP contribution in [-0.4, -0.2) is 24.8 Å². The molecule has 0 aliphatic carbocycles. The van der Waals surface area contributed by atoms with E-state index in [9.17, 15) is 4.79 Å². The highest BCUT2D eigenvalue weighted by atomic mass is 35.5. The van der Waals surface area contributed by atoms with E-state index >= 15 is 0 Å². The minimum Gasteiger partial charge on any atom is -0.383 e. The van der Waals surface area contributed by atoms with E-state index in [4.69, 9.17) is 11.6 Å². The van der Waals surface area contributed by atoms with E-state index in [0.29, 0.717) is 9.90 Å². The van der Waals surface area contributed by atoms with Gasteiger partial charge in [-0.15, -0.1) is 11.3 Å². The number of hydrogen-bond donors (Lipinski definition) is 0. The number of carbonyl (C=O) groups excluding carboxylic acids is 1. The summed E-state index contributed by atoms with van der Waals surface area (Å²) in [4.78, 5) is 13.8. The second-order valence-corrected chi connectivity index (χ2v) is 4.54. The van der Waals surface area contributed by atoms with Gasteiger partial charge in [-0.1, -0.05) is 23.1 Å². The lowest BCUT2D eigenvalue weighted by atomic mass is 10.3. The second-order valence-electron chi connectivity index (χ2n) is 3.22. The smallest absolute Gasteiger partial charge is 0.198 e. The molecular formula is C14H14ClNOS. The minimum absolute atomic E-state index is 0.0475. The summed E-state index contributed by atoms with van der Waals surface area (Å²) < 4.78 is 0. The molecule has 0 N–H and O–H groups in total. The zero-order chi connectivity index (χ0) is 14.0. The van der Waals surface area contributed by atoms with E-state index in [2.05, 4.69) is 30.4 Å². The maximum absolute atomic E-state index is 11.4. The van der Waals surface area contributed by atoms with Crippen molar-refractivity contribution < 1.29 is 4.79 Å². The molecule has 4 heteroatoms. The van der Waals surface area contributed by atoms with Crippen molar-refractivity contribution in [2.24, 2.45) is 0 Å². The Bertz CT molecular complexity index is 514. The molecule has 0 aliphatic rings. The average molecular weight is 280 g/mol. The maximum atomic E-state index is 11.4. The Kier molecular flexibility index (Phi) is 8.43. The SMILES string of the molecule is C=C=C=C=C.CN(C)/C=C/C(=O)c1sccc1Cl. The zero-order valence-corrected chi connectivity index (χ0v) is 11.9. The molecule has 0 atom stereocenters. The number of halogens is 1. The van der Waals surface area contributed by atoms with E-state index in [1.54, 1.807) is 22.5 Å². The van der Waals surface area contributed by atoms with Gasteiger partial charge in [0.15, 0.2) is 5.78 Å². The molecule has 94 valence electrons. The van der Waals surface area contributed by atoms with Crippen LogP contribution in [0.15, 0.2) is 54.1 Å². The van der Waals surface area contributed by atoms with Crippen molar-refractivity contribution in [2.75, 3.05) is 14.1 Å². The fraction of sp³-hybridized carbons (Fsp3) is 0.143. The molecule has 1 aromatic heterocycles. The summed E-state index contributed by atoms with van der Waals surface area (Å²) in [5.41, 5.74) is 7.08. The highest BCUT2D eigenvalue weighted by molar-refractivity contribution is 7.13. The largest absolute Gasteiger partial charge is 0.383 e. The number of nitrogens with zero attached hydrogens (tertiary/aromatic N) is 1. The van der Waals surface area contributed by atoms with Crippen LogP contribution in [0.2, 0.25) is 5.02 Å². The first-order chi connectivity index (χ1) is 8.52. The summed E-state index contributed by atoms with van der Waals surface area (Å²) in [6.07, 6.45) is 3.22. The Morgan fingerprint density at radius 3 is 2.39 bits per heavy atom. The predicted molar refractivity (Wildman–Crippen MR) is 78.3 cm³/mol. The Morgan fingerprint density at radius 2 is 2.06 bits per heavy atom. The fourth-order valence-electron chi connectivity index (χ4n) is 0.825. The van der Waals surface area contributed by atoms with Crippen LogP contribution in [0.25, 0.3) is 0 Å². The topological polar surface area (TPSA) is 20.3 Å². The summed E-state index contributed by atoms with van der Waals surface area (Å²) in [7, 11) is 3.72. The molecule has 0 spiro atoms. The van der Waals surface area contributed by atoms with Crippen LogP contribution in [0.5, 0.6) is 0 Å². The van der Waals surface area contributed by atoms with Gasteiger partial charge in [0.25, 0.3) is 0 Å². The van der Waals surface area contributed by atoms with Crippen molar-refractivity contribution in [3.05, 3.63) is 64.0 Å². The Morgan fingerprint density at radius 1 is 1.44 bits per heavy atom. The van der Waals surface area contributed by atoms with Gasteiger partial charge in [0, 0.05) is 26.4 Å². The molecule has 2 nitrogen and oxygen atoms in total. The maximum Gasteiger partial charge on any atom is 0.198 e. The van der Waals surface area contributed by atoms with Gasteiger partial charge in [-0.3, -0.25) is 4.79 Å². The van der Waals surface area contributed by atoms with Crippen LogP contribution in [0.3, 0.4) is 0 Å². The first-order valence-electron chi connectivity index (χ1n) is 4.94. The monoisotopic (exact) mass is 279 g/mol. The second kappa shape index (κ2) is 9.32. The van der Waals surface area contributed by atoms with Crippen molar-refractivity contribution in [2.45, 2.75) is 0 Å². The van der Waals surface area contributed by atoms with Crippen molar-refractivity contribution in [1.82, 2.24) is 4.90 Å². The summed E-state index contributed by atoms with van der Waals surface area (Å²) in [6.45, 7) is 6.42. The van der Waals surface area contributed by atoms with Crippen molar-refractivity contribution in [1.29, 1.82) is 0 Å². The summed E-state index contributed by atoms with van der Waals surface area (Å²) in [6, 6.07) is 1.73. The number of hydrogen-bond acceptors (Lipinski definition) is 3. The predicted octanol–water partition coefficient (Wildman–Crippen LogP) is 3.93. The highest BCUT2D eigenvalue weighted by Gasteiger charge is 2.07. The lowest BCUT2D eigenvalue weighted by Gasteiger charge is -2.01. The van der Waals surface area contributed by atoms with Crippen molar-refractivity contribution >= 4 is 28.7 Å². The lowest BCUT2D eigenvalue weighted by molar-refractivity contribution is 0.104. The van der Waals surface area contributed by atoms with Crippen LogP contribution in [0.4, 0.5) is 0 Å². The molecule has 0 aromatic carbocycles. The van der Waals surface area contributed by atoms with E-state index in [1.807, 2.05) is 14.1 Å². The fourth-order valence-corrected chi connectivity index (χ4v) is 1.89. The van der Waals surface area contributed by atoms with Crippen LogP contribution in [0, 0.1) is 0 Å². The summed E-state index contributed by atoms with van der Waals surface area (Å²) >= 11 is 7.15. The molecule has 0 fully saturated rings. The van der Waals surface area contributed by atoms with Crippen LogP contribution >= 0.6 is 22.9 Å². The molecule has 0 saturated heterocycles. The third kappa shape index (κ3) is 6.78. The van der Waals surface area contributed by atoms with E-state index in [0.717, 1.165) is 0 Å². The van der Waals surface area contributed by atoms with Crippen LogP contribution in [-0.2, 0) is 0 Å². The van der Waals surface area contributed by atoms with E-state index < -0.39 is 0 Å². The third-order valence-electron chi connectivity index (χ3n) is 1.54. The molecule has 0 amide bonds. The number of carbonyl (C=O) groups is 1. The van der Waals surface area contributed by atoms with Crippen molar-refractivity contribution in [3.63, 3.8) is 0 Å². The van der Waals surface area contributed by atoms with Gasteiger partial charge in [0.2, 0.25) is 0 Å². The minimum atomic E-state index is -0.0475. The quantitative estimate of drug-likeness (QED) is 0.475. The first-order valence-corrected chi connectivity index (χ1v) is 6.19. The van der Waals surface area contributed by atoms with E-state index in [-0.39, 0.29) is 5.78 Å². The van der Waals surface area contributed by atoms with Gasteiger partial charge in [-0.05, 0) is 30.3 Å². The van der Waals surface area contributed by atoms with Crippen LogP contribution < -0.4 is 0 Å². The van der Waals surface area contributed by atoms with Gasteiger partial charge in [0.05, 0.1) is 9.90 Å². The van der Waals surface area contributed by atoms with Gasteiger partial charge < -0.3 is 4.90 Å². The standard InChI is InChI=1S/C9H10ClNOS.C5H4/c1-11(2)5-3-8(12)9-7(10)4-6-13-9;1-3-5-4-2/h3-6H,1-2H3;1-2H2/b5-3+;. The highest BCUT2D eigenvalue weighted by Crippen LogP contribution is 2.22. The normalized spacial score (nSPS) is 8.61. The van der Waals surface area contributed by atoms with Gasteiger partial charge in [-0.2, -0.15) is 0 Å². The zero-order valence-electron chi connectivity index (χ0n) is 10.4. The number of rotatable bonds is 3. The Labute approximate surface area is 117 Å². The third-order valence-corrected chi connectivity index (χ3v) is 2.90. The summed E-state index contributed by atoms with van der Waals surface area (Å²) in [5.74, 6) is -0.0475. The molecule has 1 heterocycles. The van der Waals surface area contributed by atoms with E-state index in [1.165, 1.54) is 17.4 Å². The molecular weight excluding hydrogens is 266 g/mol. The Balaban J connectivity index is 0.000000494. The number of allylic oxidation sites excluding steroid dienone is 1. The number of ketones is 1. The molecule has 0 radical (unpaired) electrons. The molecule has 18 heavy (non-hydrogen) atoms. The number of thiophene rings is 1. The van der Waals surface area contributed by atoms with Crippen molar-refractivity contribution in [3.8, 4) is 0 Å². The van der Waals surface area contributed by atoms with Gasteiger partial charge in [-0.25, -0.2) is 0 Å². The van der Waals surface area contributed by atoms with Gasteiger partial charge >= 0.3 is 0 Å². The molecule has 1 rings (SSSR count). The molecule has 1 aromatic rings.